The normalized spacial score (nSPS) is 14.0. The van der Waals surface area contributed by atoms with Gasteiger partial charge in [0.25, 0.3) is 0 Å². The highest BCUT2D eigenvalue weighted by Crippen LogP contribution is 2.24. The van der Waals surface area contributed by atoms with E-state index in [0.29, 0.717) is 0 Å². The van der Waals surface area contributed by atoms with Crippen molar-refractivity contribution in [3.05, 3.63) is 0 Å². The third-order valence-corrected chi connectivity index (χ3v) is 10.1. The Labute approximate surface area is 263 Å². The lowest BCUT2D eigenvalue weighted by Crippen LogP contribution is -2.01. The Bertz CT molecular complexity index is 453. The van der Waals surface area contributed by atoms with Crippen LogP contribution in [-0.4, -0.2) is 0 Å². The van der Waals surface area contributed by atoms with Gasteiger partial charge in [0, 0.05) is 0 Å². The highest BCUT2D eigenvalue weighted by atomic mass is 14.1. The molecule has 0 N–H and O–H groups in total. The van der Waals surface area contributed by atoms with E-state index in [9.17, 15) is 0 Å². The highest BCUT2D eigenvalue weighted by molar-refractivity contribution is 4.61. The molecule has 0 bridgehead atoms. The molecule has 0 rings (SSSR count). The molecule has 0 amide bonds. The van der Waals surface area contributed by atoms with E-state index in [4.69, 9.17) is 0 Å². The molecule has 0 spiro atoms. The highest BCUT2D eigenvalue weighted by Gasteiger charge is 2.08. The third-order valence-electron chi connectivity index (χ3n) is 10.1. The molecule has 0 aliphatic heterocycles. The SMILES string of the molecule is CCCCCCCCCCCCCCCCCCC(C)CCCC(C)CCCC(C)CCCCCCCCCCC. The lowest BCUT2D eigenvalue weighted by molar-refractivity contribution is 0.373. The standard InChI is InChI=1S/C41H84/c1-6-8-10-12-14-16-17-18-19-20-21-22-24-26-28-30-34-40(4)36-32-38-41(5)37-31-35-39(3)33-29-27-25-23-15-13-11-9-7-2/h39-41H,6-38H2,1-5H3. The first-order valence-electron chi connectivity index (χ1n) is 20.1. The minimum absolute atomic E-state index is 0.942. The lowest BCUT2D eigenvalue weighted by atomic mass is 9.90. The average Bonchev–Trinajstić information content (AvgIpc) is 2.96. The molecular weight excluding hydrogens is 492 g/mol. The molecule has 0 radical (unpaired) electrons. The molecule has 41 heavy (non-hydrogen) atoms. The molecule has 248 valence electrons. The van der Waals surface area contributed by atoms with Gasteiger partial charge in [0.2, 0.25) is 0 Å². The van der Waals surface area contributed by atoms with Crippen LogP contribution in [0.2, 0.25) is 0 Å². The zero-order valence-corrected chi connectivity index (χ0v) is 30.1. The molecule has 0 heteroatoms. The van der Waals surface area contributed by atoms with Gasteiger partial charge >= 0.3 is 0 Å². The molecule has 0 aliphatic carbocycles. The predicted molar refractivity (Wildman–Crippen MR) is 191 cm³/mol. The van der Waals surface area contributed by atoms with Gasteiger partial charge in [-0.2, -0.15) is 0 Å². The molecule has 0 heterocycles. The molecule has 0 aromatic rings. The number of rotatable bonds is 35. The van der Waals surface area contributed by atoms with Crippen LogP contribution in [-0.2, 0) is 0 Å². The van der Waals surface area contributed by atoms with E-state index in [1.165, 1.54) is 212 Å². The van der Waals surface area contributed by atoms with Gasteiger partial charge in [-0.3, -0.25) is 0 Å². The van der Waals surface area contributed by atoms with Gasteiger partial charge in [0.05, 0.1) is 0 Å². The van der Waals surface area contributed by atoms with Crippen LogP contribution in [0.4, 0.5) is 0 Å². The predicted octanol–water partition coefficient (Wildman–Crippen LogP) is 15.8. The van der Waals surface area contributed by atoms with Crippen molar-refractivity contribution in [2.24, 2.45) is 17.8 Å². The Balaban J connectivity index is 3.35. The van der Waals surface area contributed by atoms with E-state index in [1.807, 2.05) is 0 Å². The van der Waals surface area contributed by atoms with E-state index >= 15 is 0 Å². The van der Waals surface area contributed by atoms with Crippen molar-refractivity contribution in [2.45, 2.75) is 247 Å². The number of unbranched alkanes of at least 4 members (excludes halogenated alkanes) is 23. The summed E-state index contributed by atoms with van der Waals surface area (Å²) in [4.78, 5) is 0. The Hall–Kier alpha value is 0. The Kier molecular flexibility index (Phi) is 34.5. The average molecular weight is 577 g/mol. The molecule has 3 unspecified atom stereocenters. The van der Waals surface area contributed by atoms with E-state index in [1.54, 1.807) is 0 Å². The maximum Gasteiger partial charge on any atom is -0.0443 e. The van der Waals surface area contributed by atoms with Crippen LogP contribution in [0.25, 0.3) is 0 Å². The van der Waals surface area contributed by atoms with E-state index < -0.39 is 0 Å². The third kappa shape index (κ3) is 34.4. The van der Waals surface area contributed by atoms with Crippen molar-refractivity contribution in [3.8, 4) is 0 Å². The molecule has 0 saturated carbocycles. The zero-order chi connectivity index (χ0) is 30.1. The minimum Gasteiger partial charge on any atom is -0.0654 e. The van der Waals surface area contributed by atoms with Gasteiger partial charge < -0.3 is 0 Å². The van der Waals surface area contributed by atoms with E-state index in [2.05, 4.69) is 34.6 Å². The summed E-state index contributed by atoms with van der Waals surface area (Å²) >= 11 is 0. The summed E-state index contributed by atoms with van der Waals surface area (Å²) in [6.07, 6.45) is 48.5. The Morgan fingerprint density at radius 3 is 0.610 bits per heavy atom. The first-order chi connectivity index (χ1) is 20.1. The van der Waals surface area contributed by atoms with Crippen molar-refractivity contribution in [3.63, 3.8) is 0 Å². The molecule has 0 fully saturated rings. The molecule has 3 atom stereocenters. The van der Waals surface area contributed by atoms with Crippen molar-refractivity contribution in [2.75, 3.05) is 0 Å². The fourth-order valence-corrected chi connectivity index (χ4v) is 6.91. The van der Waals surface area contributed by atoms with Gasteiger partial charge in [0.15, 0.2) is 0 Å². The Morgan fingerprint density at radius 2 is 0.390 bits per heavy atom. The monoisotopic (exact) mass is 577 g/mol. The summed E-state index contributed by atoms with van der Waals surface area (Å²) in [5.41, 5.74) is 0. The van der Waals surface area contributed by atoms with Crippen LogP contribution in [0.5, 0.6) is 0 Å². The summed E-state index contributed by atoms with van der Waals surface area (Å²) < 4.78 is 0. The summed E-state index contributed by atoms with van der Waals surface area (Å²) in [6, 6.07) is 0. The fourth-order valence-electron chi connectivity index (χ4n) is 6.91. The summed E-state index contributed by atoms with van der Waals surface area (Å²) in [5.74, 6) is 2.84. The lowest BCUT2D eigenvalue weighted by Gasteiger charge is -2.16. The van der Waals surface area contributed by atoms with Gasteiger partial charge in [-0.25, -0.2) is 0 Å². The van der Waals surface area contributed by atoms with Crippen molar-refractivity contribution in [1.29, 1.82) is 0 Å². The second-order valence-corrected chi connectivity index (χ2v) is 14.9. The van der Waals surface area contributed by atoms with Gasteiger partial charge in [-0.05, 0) is 17.8 Å². The van der Waals surface area contributed by atoms with Crippen LogP contribution in [0.1, 0.15) is 247 Å². The van der Waals surface area contributed by atoms with Crippen molar-refractivity contribution >= 4 is 0 Å². The van der Waals surface area contributed by atoms with Crippen molar-refractivity contribution < 1.29 is 0 Å². The van der Waals surface area contributed by atoms with Gasteiger partial charge in [-0.1, -0.05) is 247 Å². The largest absolute Gasteiger partial charge is 0.0654 e. The smallest absolute Gasteiger partial charge is 0.0443 e. The molecule has 0 saturated heterocycles. The van der Waals surface area contributed by atoms with Crippen LogP contribution >= 0.6 is 0 Å². The quantitative estimate of drug-likeness (QED) is 0.0658. The Morgan fingerprint density at radius 1 is 0.220 bits per heavy atom. The van der Waals surface area contributed by atoms with Gasteiger partial charge in [0.1, 0.15) is 0 Å². The van der Waals surface area contributed by atoms with Crippen molar-refractivity contribution in [1.82, 2.24) is 0 Å². The molecule has 0 aromatic heterocycles. The maximum atomic E-state index is 2.52. The second kappa shape index (κ2) is 34.5. The molecular formula is C41H84. The van der Waals surface area contributed by atoms with Gasteiger partial charge in [-0.15, -0.1) is 0 Å². The van der Waals surface area contributed by atoms with Crippen LogP contribution in [0.3, 0.4) is 0 Å². The number of hydrogen-bond acceptors (Lipinski definition) is 0. The minimum atomic E-state index is 0.942. The molecule has 0 aliphatic rings. The van der Waals surface area contributed by atoms with Crippen LogP contribution in [0.15, 0.2) is 0 Å². The topological polar surface area (TPSA) is 0 Å². The zero-order valence-electron chi connectivity index (χ0n) is 30.1. The fraction of sp³-hybridized carbons (Fsp3) is 1.00. The molecule has 0 aromatic carbocycles. The summed E-state index contributed by atoms with van der Waals surface area (Å²) in [6.45, 7) is 12.2. The first-order valence-corrected chi connectivity index (χ1v) is 20.1. The van der Waals surface area contributed by atoms with Crippen LogP contribution in [0, 0.1) is 17.8 Å². The number of hydrogen-bond donors (Lipinski definition) is 0. The summed E-state index contributed by atoms with van der Waals surface area (Å²) in [5, 5.41) is 0. The maximum absolute atomic E-state index is 2.52. The molecule has 0 nitrogen and oxygen atoms in total. The first kappa shape index (κ1) is 41.0. The van der Waals surface area contributed by atoms with E-state index in [-0.39, 0.29) is 0 Å². The van der Waals surface area contributed by atoms with Crippen LogP contribution < -0.4 is 0 Å². The van der Waals surface area contributed by atoms with E-state index in [0.717, 1.165) is 17.8 Å². The summed E-state index contributed by atoms with van der Waals surface area (Å²) in [7, 11) is 0. The second-order valence-electron chi connectivity index (χ2n) is 14.9.